The molecule has 114 valence electrons. The van der Waals surface area contributed by atoms with Crippen molar-refractivity contribution >= 4 is 17.7 Å². The summed E-state index contributed by atoms with van der Waals surface area (Å²) >= 11 is 1.92. The molecule has 1 aromatic heterocycles. The number of carbonyl (C=O) groups is 1. The monoisotopic (exact) mass is 307 g/mol. The van der Waals surface area contributed by atoms with E-state index in [1.54, 1.807) is 12.3 Å². The molecular weight excluding hydrogens is 286 g/mol. The molecule has 0 aromatic carbocycles. The number of thioether (sulfide) groups is 1. The van der Waals surface area contributed by atoms with E-state index < -0.39 is 0 Å². The van der Waals surface area contributed by atoms with E-state index in [9.17, 15) is 4.79 Å². The fourth-order valence-corrected chi connectivity index (χ4v) is 4.12. The number of aromatic nitrogens is 2. The molecule has 2 aliphatic heterocycles. The topological polar surface area (TPSA) is 55.3 Å². The van der Waals surface area contributed by atoms with Crippen molar-refractivity contribution in [1.82, 2.24) is 14.9 Å². The number of ether oxygens (including phenoxy) is 1. The summed E-state index contributed by atoms with van der Waals surface area (Å²) in [6.07, 6.45) is 5.05. The van der Waals surface area contributed by atoms with E-state index in [1.165, 1.54) is 0 Å². The largest absolute Gasteiger partial charge is 0.376 e. The number of aryl methyl sites for hydroxylation is 1. The van der Waals surface area contributed by atoms with Gasteiger partial charge in [0.2, 0.25) is 0 Å². The number of amides is 1. The highest BCUT2D eigenvalue weighted by atomic mass is 32.2. The van der Waals surface area contributed by atoms with Crippen LogP contribution in [0.5, 0.6) is 0 Å². The Morgan fingerprint density at radius 3 is 3.10 bits per heavy atom. The van der Waals surface area contributed by atoms with Crippen LogP contribution in [0.2, 0.25) is 0 Å². The van der Waals surface area contributed by atoms with E-state index in [1.807, 2.05) is 23.6 Å². The summed E-state index contributed by atoms with van der Waals surface area (Å²) in [6.45, 7) is 3.32. The lowest BCUT2D eigenvalue weighted by molar-refractivity contribution is 0.0437. The Kier molecular flexibility index (Phi) is 4.75. The van der Waals surface area contributed by atoms with Gasteiger partial charge >= 0.3 is 0 Å². The summed E-state index contributed by atoms with van der Waals surface area (Å²) in [5.41, 5.74) is 0.498. The minimum atomic E-state index is 0.0171. The first-order chi connectivity index (χ1) is 10.2. The van der Waals surface area contributed by atoms with Crippen molar-refractivity contribution in [1.29, 1.82) is 0 Å². The van der Waals surface area contributed by atoms with Crippen molar-refractivity contribution in [3.8, 4) is 0 Å². The summed E-state index contributed by atoms with van der Waals surface area (Å²) in [5.74, 6) is 2.80. The van der Waals surface area contributed by atoms with Gasteiger partial charge in [-0.3, -0.25) is 4.79 Å². The van der Waals surface area contributed by atoms with Crippen molar-refractivity contribution in [3.63, 3.8) is 0 Å². The quantitative estimate of drug-likeness (QED) is 0.850. The highest BCUT2D eigenvalue weighted by molar-refractivity contribution is 7.99. The summed E-state index contributed by atoms with van der Waals surface area (Å²) in [4.78, 5) is 23.2. The summed E-state index contributed by atoms with van der Waals surface area (Å²) in [5, 5.41) is 0. The Hall–Kier alpha value is -1.14. The van der Waals surface area contributed by atoms with Gasteiger partial charge in [-0.15, -0.1) is 0 Å². The fraction of sp³-hybridized carbons (Fsp3) is 0.667. The summed E-state index contributed by atoms with van der Waals surface area (Å²) in [7, 11) is 0. The lowest BCUT2D eigenvalue weighted by atomic mass is 10.1. The molecule has 2 saturated heterocycles. The van der Waals surface area contributed by atoms with Gasteiger partial charge in [0, 0.05) is 31.1 Å². The van der Waals surface area contributed by atoms with E-state index in [0.717, 1.165) is 37.4 Å². The first-order valence-corrected chi connectivity index (χ1v) is 8.69. The van der Waals surface area contributed by atoms with Gasteiger partial charge in [-0.1, -0.05) is 0 Å². The van der Waals surface area contributed by atoms with E-state index in [0.29, 0.717) is 24.1 Å². The average Bonchev–Trinajstić information content (AvgIpc) is 3.17. The minimum Gasteiger partial charge on any atom is -0.376 e. The minimum absolute atomic E-state index is 0.0171. The molecule has 5 nitrogen and oxygen atoms in total. The van der Waals surface area contributed by atoms with E-state index in [-0.39, 0.29) is 12.0 Å². The number of hydrogen-bond donors (Lipinski definition) is 0. The molecule has 2 fully saturated rings. The smallest absolute Gasteiger partial charge is 0.272 e. The predicted molar refractivity (Wildman–Crippen MR) is 82.5 cm³/mol. The van der Waals surface area contributed by atoms with Crippen LogP contribution in [0.1, 0.15) is 35.6 Å². The normalized spacial score (nSPS) is 25.2. The SMILES string of the molecule is Cc1nccc(C(=O)N(C[C@@H]2CCCO2)[C@H]2CCSC2)n1. The fourth-order valence-electron chi connectivity index (χ4n) is 2.90. The third kappa shape index (κ3) is 3.55. The maximum Gasteiger partial charge on any atom is 0.272 e. The second-order valence-corrected chi connectivity index (χ2v) is 6.75. The number of carbonyl (C=O) groups excluding carboxylic acids is 1. The zero-order chi connectivity index (χ0) is 14.7. The zero-order valence-electron chi connectivity index (χ0n) is 12.3. The van der Waals surface area contributed by atoms with Crippen LogP contribution in [-0.4, -0.2) is 57.6 Å². The third-order valence-electron chi connectivity index (χ3n) is 4.03. The second kappa shape index (κ2) is 6.75. The molecule has 0 unspecified atom stereocenters. The van der Waals surface area contributed by atoms with Crippen LogP contribution in [0.3, 0.4) is 0 Å². The van der Waals surface area contributed by atoms with Crippen LogP contribution in [-0.2, 0) is 4.74 Å². The van der Waals surface area contributed by atoms with Crippen LogP contribution in [0.4, 0.5) is 0 Å². The number of hydrogen-bond acceptors (Lipinski definition) is 5. The standard InChI is InChI=1S/C15H21N3O2S/c1-11-16-6-4-14(17-11)15(19)18(12-5-8-21-10-12)9-13-3-2-7-20-13/h4,6,12-13H,2-3,5,7-10H2,1H3/t12-,13-/m0/s1. The van der Waals surface area contributed by atoms with Crippen molar-refractivity contribution in [2.24, 2.45) is 0 Å². The molecule has 0 spiro atoms. The first kappa shape index (κ1) is 14.8. The molecule has 0 saturated carbocycles. The van der Waals surface area contributed by atoms with Gasteiger partial charge in [0.25, 0.3) is 5.91 Å². The Balaban J connectivity index is 1.77. The lowest BCUT2D eigenvalue weighted by Crippen LogP contribution is -2.45. The zero-order valence-corrected chi connectivity index (χ0v) is 13.1. The molecule has 3 heterocycles. The van der Waals surface area contributed by atoms with Gasteiger partial charge < -0.3 is 9.64 Å². The Morgan fingerprint density at radius 2 is 2.43 bits per heavy atom. The highest BCUT2D eigenvalue weighted by Gasteiger charge is 2.31. The summed E-state index contributed by atoms with van der Waals surface area (Å²) < 4.78 is 5.72. The molecule has 1 amide bonds. The molecule has 0 radical (unpaired) electrons. The molecule has 2 aliphatic rings. The average molecular weight is 307 g/mol. The van der Waals surface area contributed by atoms with Crippen LogP contribution >= 0.6 is 11.8 Å². The van der Waals surface area contributed by atoms with Crippen LogP contribution in [0, 0.1) is 6.92 Å². The van der Waals surface area contributed by atoms with E-state index >= 15 is 0 Å². The lowest BCUT2D eigenvalue weighted by Gasteiger charge is -2.30. The Bertz CT molecular complexity index is 499. The van der Waals surface area contributed by atoms with Gasteiger partial charge in [-0.25, -0.2) is 9.97 Å². The number of rotatable bonds is 4. The van der Waals surface area contributed by atoms with Crippen molar-refractivity contribution < 1.29 is 9.53 Å². The highest BCUT2D eigenvalue weighted by Crippen LogP contribution is 2.25. The Labute approximate surface area is 129 Å². The molecule has 0 bridgehead atoms. The van der Waals surface area contributed by atoms with E-state index in [2.05, 4.69) is 9.97 Å². The predicted octanol–water partition coefficient (Wildman–Crippen LogP) is 1.91. The van der Waals surface area contributed by atoms with Crippen LogP contribution in [0.25, 0.3) is 0 Å². The molecule has 21 heavy (non-hydrogen) atoms. The van der Waals surface area contributed by atoms with Crippen LogP contribution < -0.4 is 0 Å². The van der Waals surface area contributed by atoms with Crippen molar-refractivity contribution in [2.75, 3.05) is 24.7 Å². The van der Waals surface area contributed by atoms with Crippen molar-refractivity contribution in [2.45, 2.75) is 38.3 Å². The first-order valence-electron chi connectivity index (χ1n) is 7.54. The molecule has 0 N–H and O–H groups in total. The molecule has 6 heteroatoms. The summed E-state index contributed by atoms with van der Waals surface area (Å²) in [6, 6.07) is 2.02. The molecule has 0 aliphatic carbocycles. The molecule has 1 aromatic rings. The molecular formula is C15H21N3O2S. The maximum atomic E-state index is 12.8. The van der Waals surface area contributed by atoms with Gasteiger partial charge in [0.15, 0.2) is 0 Å². The Morgan fingerprint density at radius 1 is 1.52 bits per heavy atom. The third-order valence-corrected chi connectivity index (χ3v) is 5.17. The second-order valence-electron chi connectivity index (χ2n) is 5.60. The molecule has 3 rings (SSSR count). The van der Waals surface area contributed by atoms with Gasteiger partial charge in [-0.2, -0.15) is 11.8 Å². The van der Waals surface area contributed by atoms with Gasteiger partial charge in [-0.05, 0) is 38.0 Å². The van der Waals surface area contributed by atoms with Gasteiger partial charge in [0.1, 0.15) is 11.5 Å². The van der Waals surface area contributed by atoms with E-state index in [4.69, 9.17) is 4.74 Å². The van der Waals surface area contributed by atoms with Crippen molar-refractivity contribution in [3.05, 3.63) is 23.8 Å². The molecule has 2 atom stereocenters. The van der Waals surface area contributed by atoms with Crippen LogP contribution in [0.15, 0.2) is 12.3 Å². The number of nitrogens with zero attached hydrogens (tertiary/aromatic N) is 3. The van der Waals surface area contributed by atoms with Gasteiger partial charge in [0.05, 0.1) is 6.10 Å². The maximum absolute atomic E-state index is 12.8.